The molecule has 1 heterocycles. The molecule has 1 aromatic heterocycles. The molecule has 3 N–H and O–H groups in total. The number of benzene rings is 1. The van der Waals surface area contributed by atoms with Gasteiger partial charge in [0.2, 0.25) is 0 Å². The standard InChI is InChI=1S/C13H15ClN4O2S/c1-9-4-3-5-10(6-9)18(2)21(19,20)11-7-12(14)13(17-15)16-8-11/h3-8H,15H2,1-2H3,(H,16,17). The van der Waals surface area contributed by atoms with Crippen LogP contribution in [0.15, 0.2) is 41.4 Å². The van der Waals surface area contributed by atoms with Crippen LogP contribution in [0, 0.1) is 6.92 Å². The number of nitrogens with two attached hydrogens (primary N) is 1. The minimum absolute atomic E-state index is 0.00416. The van der Waals surface area contributed by atoms with E-state index in [2.05, 4.69) is 10.4 Å². The summed E-state index contributed by atoms with van der Waals surface area (Å²) < 4.78 is 26.3. The van der Waals surface area contributed by atoms with Crippen molar-refractivity contribution in [3.05, 3.63) is 47.1 Å². The highest BCUT2D eigenvalue weighted by Crippen LogP contribution is 2.26. The Labute approximate surface area is 128 Å². The molecule has 0 aliphatic rings. The first-order chi connectivity index (χ1) is 9.86. The highest BCUT2D eigenvalue weighted by atomic mass is 35.5. The molecule has 0 atom stereocenters. The molecule has 0 radical (unpaired) electrons. The topological polar surface area (TPSA) is 88.3 Å². The van der Waals surface area contributed by atoms with Gasteiger partial charge in [-0.05, 0) is 30.7 Å². The molecule has 2 rings (SSSR count). The number of aryl methyl sites for hydroxylation is 1. The zero-order valence-electron chi connectivity index (χ0n) is 11.5. The lowest BCUT2D eigenvalue weighted by Crippen LogP contribution is -2.26. The highest BCUT2D eigenvalue weighted by Gasteiger charge is 2.22. The van der Waals surface area contributed by atoms with Crippen molar-refractivity contribution in [3.63, 3.8) is 0 Å². The molecule has 0 bridgehead atoms. The quantitative estimate of drug-likeness (QED) is 0.664. The number of anilines is 2. The number of pyridine rings is 1. The number of hydrogen-bond acceptors (Lipinski definition) is 5. The zero-order chi connectivity index (χ0) is 15.6. The maximum Gasteiger partial charge on any atom is 0.265 e. The highest BCUT2D eigenvalue weighted by molar-refractivity contribution is 7.92. The molecular formula is C13H15ClN4O2S. The summed E-state index contributed by atoms with van der Waals surface area (Å²) in [5.41, 5.74) is 3.82. The summed E-state index contributed by atoms with van der Waals surface area (Å²) >= 11 is 5.92. The number of rotatable bonds is 4. The lowest BCUT2D eigenvalue weighted by atomic mass is 10.2. The molecule has 21 heavy (non-hydrogen) atoms. The van der Waals surface area contributed by atoms with Gasteiger partial charge in [-0.15, -0.1) is 0 Å². The van der Waals surface area contributed by atoms with E-state index < -0.39 is 10.0 Å². The SMILES string of the molecule is Cc1cccc(N(C)S(=O)(=O)c2cnc(NN)c(Cl)c2)c1. The van der Waals surface area contributed by atoms with Crippen molar-refractivity contribution >= 4 is 33.1 Å². The van der Waals surface area contributed by atoms with E-state index in [1.54, 1.807) is 18.2 Å². The van der Waals surface area contributed by atoms with Gasteiger partial charge in [0.15, 0.2) is 5.82 Å². The summed E-state index contributed by atoms with van der Waals surface area (Å²) in [6.45, 7) is 1.89. The summed E-state index contributed by atoms with van der Waals surface area (Å²) in [4.78, 5) is 3.88. The van der Waals surface area contributed by atoms with E-state index in [0.29, 0.717) is 5.69 Å². The molecule has 6 nitrogen and oxygen atoms in total. The lowest BCUT2D eigenvalue weighted by molar-refractivity contribution is 0.594. The molecule has 1 aromatic carbocycles. The maximum atomic E-state index is 12.6. The number of nitrogen functional groups attached to an aromatic ring is 1. The third kappa shape index (κ3) is 3.10. The van der Waals surface area contributed by atoms with Crippen molar-refractivity contribution in [2.75, 3.05) is 16.8 Å². The molecule has 0 fully saturated rings. The molecule has 0 spiro atoms. The molecule has 2 aromatic rings. The minimum Gasteiger partial charge on any atom is -0.307 e. The van der Waals surface area contributed by atoms with Gasteiger partial charge in [-0.2, -0.15) is 0 Å². The first-order valence-corrected chi connectivity index (χ1v) is 7.86. The lowest BCUT2D eigenvalue weighted by Gasteiger charge is -2.20. The molecule has 8 heteroatoms. The molecular weight excluding hydrogens is 312 g/mol. The number of nitrogens with zero attached hydrogens (tertiary/aromatic N) is 2. The van der Waals surface area contributed by atoms with Crippen molar-refractivity contribution in [1.82, 2.24) is 4.98 Å². The minimum atomic E-state index is -3.74. The van der Waals surface area contributed by atoms with Crippen LogP contribution in [0.25, 0.3) is 0 Å². The molecule has 0 aliphatic heterocycles. The molecule has 0 aliphatic carbocycles. The predicted molar refractivity (Wildman–Crippen MR) is 83.8 cm³/mol. The van der Waals surface area contributed by atoms with Gasteiger partial charge in [-0.1, -0.05) is 23.7 Å². The van der Waals surface area contributed by atoms with Crippen molar-refractivity contribution in [3.8, 4) is 0 Å². The van der Waals surface area contributed by atoms with Crippen LogP contribution in [0.4, 0.5) is 11.5 Å². The van der Waals surface area contributed by atoms with Gasteiger partial charge < -0.3 is 5.43 Å². The normalized spacial score (nSPS) is 11.2. The number of sulfonamides is 1. The molecule has 112 valence electrons. The molecule has 0 amide bonds. The number of hydrogen-bond donors (Lipinski definition) is 2. The van der Waals surface area contributed by atoms with Gasteiger partial charge in [0.05, 0.1) is 10.7 Å². The van der Waals surface area contributed by atoms with Crippen molar-refractivity contribution in [2.45, 2.75) is 11.8 Å². The third-order valence-electron chi connectivity index (χ3n) is 2.98. The fourth-order valence-electron chi connectivity index (χ4n) is 1.79. The third-order valence-corrected chi connectivity index (χ3v) is 5.02. The van der Waals surface area contributed by atoms with Crippen LogP contribution in [0.2, 0.25) is 5.02 Å². The summed E-state index contributed by atoms with van der Waals surface area (Å²) in [6, 6.07) is 8.50. The number of aromatic nitrogens is 1. The Morgan fingerprint density at radius 2 is 2.05 bits per heavy atom. The van der Waals surface area contributed by atoms with E-state index in [9.17, 15) is 8.42 Å². The average molecular weight is 327 g/mol. The summed E-state index contributed by atoms with van der Waals surface area (Å²) in [5.74, 6) is 5.44. The van der Waals surface area contributed by atoms with E-state index >= 15 is 0 Å². The van der Waals surface area contributed by atoms with E-state index in [-0.39, 0.29) is 15.7 Å². The Balaban J connectivity index is 2.44. The Hall–Kier alpha value is -1.83. The molecule has 0 unspecified atom stereocenters. The fraction of sp³-hybridized carbons (Fsp3) is 0.154. The Kier molecular flexibility index (Phi) is 4.36. The van der Waals surface area contributed by atoms with Crippen LogP contribution < -0.4 is 15.6 Å². The van der Waals surface area contributed by atoms with Crippen LogP contribution >= 0.6 is 11.6 Å². The summed E-state index contributed by atoms with van der Waals surface area (Å²) in [6.07, 6.45) is 1.21. The average Bonchev–Trinajstić information content (AvgIpc) is 2.46. The Bertz CT molecular complexity index is 765. The zero-order valence-corrected chi connectivity index (χ0v) is 13.1. The largest absolute Gasteiger partial charge is 0.307 e. The van der Waals surface area contributed by atoms with E-state index in [1.807, 2.05) is 13.0 Å². The first kappa shape index (κ1) is 15.6. The summed E-state index contributed by atoms with van der Waals surface area (Å²) in [7, 11) is -2.26. The second-order valence-electron chi connectivity index (χ2n) is 4.46. The van der Waals surface area contributed by atoms with E-state index in [0.717, 1.165) is 5.56 Å². The van der Waals surface area contributed by atoms with Crippen LogP contribution in [0.1, 0.15) is 5.56 Å². The molecule has 0 saturated heterocycles. The number of hydrazine groups is 1. The van der Waals surface area contributed by atoms with Crippen molar-refractivity contribution in [2.24, 2.45) is 5.84 Å². The monoisotopic (exact) mass is 326 g/mol. The second-order valence-corrected chi connectivity index (χ2v) is 6.83. The van der Waals surface area contributed by atoms with Crippen molar-refractivity contribution in [1.29, 1.82) is 0 Å². The van der Waals surface area contributed by atoms with Crippen LogP contribution in [0.5, 0.6) is 0 Å². The van der Waals surface area contributed by atoms with E-state index in [4.69, 9.17) is 17.4 Å². The Morgan fingerprint density at radius 1 is 1.33 bits per heavy atom. The fourth-order valence-corrected chi connectivity index (χ4v) is 3.23. The van der Waals surface area contributed by atoms with Gasteiger partial charge in [0, 0.05) is 13.2 Å². The summed E-state index contributed by atoms with van der Waals surface area (Å²) in [5, 5.41) is 0.135. The van der Waals surface area contributed by atoms with Gasteiger partial charge >= 0.3 is 0 Å². The smallest absolute Gasteiger partial charge is 0.265 e. The Morgan fingerprint density at radius 3 is 2.62 bits per heavy atom. The molecule has 0 saturated carbocycles. The predicted octanol–water partition coefficient (Wildman–Crippen LogP) is 2.15. The van der Waals surface area contributed by atoms with Crippen LogP contribution in [-0.4, -0.2) is 20.4 Å². The first-order valence-electron chi connectivity index (χ1n) is 6.04. The second kappa shape index (κ2) is 5.88. The number of halogens is 1. The van der Waals surface area contributed by atoms with Gasteiger partial charge in [0.1, 0.15) is 4.90 Å². The van der Waals surface area contributed by atoms with Crippen LogP contribution in [-0.2, 0) is 10.0 Å². The van der Waals surface area contributed by atoms with Gasteiger partial charge in [-0.3, -0.25) is 4.31 Å². The van der Waals surface area contributed by atoms with Crippen molar-refractivity contribution < 1.29 is 8.42 Å². The van der Waals surface area contributed by atoms with Gasteiger partial charge in [-0.25, -0.2) is 19.2 Å². The van der Waals surface area contributed by atoms with E-state index in [1.165, 1.54) is 23.6 Å². The maximum absolute atomic E-state index is 12.6. The van der Waals surface area contributed by atoms with Crippen LogP contribution in [0.3, 0.4) is 0 Å². The van der Waals surface area contributed by atoms with Gasteiger partial charge in [0.25, 0.3) is 10.0 Å². The number of nitrogens with one attached hydrogen (secondary N) is 1.